The van der Waals surface area contributed by atoms with Gasteiger partial charge in [-0.05, 0) is 60.0 Å². The molecule has 4 aromatic rings. The van der Waals surface area contributed by atoms with Crippen LogP contribution in [0.25, 0.3) is 20.5 Å². The minimum atomic E-state index is -0.273. The van der Waals surface area contributed by atoms with Crippen molar-refractivity contribution >= 4 is 21.4 Å². The second-order valence-corrected chi connectivity index (χ2v) is 7.10. The number of phenols is 1. The molecule has 0 unspecified atom stereocenters. The number of hydrogen-bond donors (Lipinski definition) is 1. The summed E-state index contributed by atoms with van der Waals surface area (Å²) in [5.74, 6) is 1.41. The summed E-state index contributed by atoms with van der Waals surface area (Å²) in [4.78, 5) is 0.908. The quantitative estimate of drug-likeness (QED) is 0.433. The molecule has 1 heterocycles. The summed E-state index contributed by atoms with van der Waals surface area (Å²) in [6, 6.07) is 19.6. The van der Waals surface area contributed by atoms with Crippen LogP contribution in [0.3, 0.4) is 0 Å². The van der Waals surface area contributed by atoms with Crippen molar-refractivity contribution in [2.75, 3.05) is 0 Å². The summed E-state index contributed by atoms with van der Waals surface area (Å²) in [6.45, 7) is 2.11. The molecule has 0 spiro atoms. The van der Waals surface area contributed by atoms with Crippen molar-refractivity contribution in [3.8, 4) is 27.7 Å². The van der Waals surface area contributed by atoms with Crippen LogP contribution in [0.4, 0.5) is 4.39 Å². The van der Waals surface area contributed by atoms with Crippen molar-refractivity contribution in [3.05, 3.63) is 78.1 Å². The third kappa shape index (κ3) is 3.16. The van der Waals surface area contributed by atoms with E-state index in [2.05, 4.69) is 6.92 Å². The summed E-state index contributed by atoms with van der Waals surface area (Å²) in [6.07, 6.45) is 0.974. The Morgan fingerprint density at radius 1 is 0.962 bits per heavy atom. The van der Waals surface area contributed by atoms with Gasteiger partial charge in [0.2, 0.25) is 0 Å². The lowest BCUT2D eigenvalue weighted by Gasteiger charge is -2.09. The maximum Gasteiger partial charge on any atom is 0.153 e. The van der Waals surface area contributed by atoms with Gasteiger partial charge >= 0.3 is 0 Å². The van der Waals surface area contributed by atoms with E-state index in [0.717, 1.165) is 38.4 Å². The highest BCUT2D eigenvalue weighted by atomic mass is 32.1. The molecule has 0 fully saturated rings. The predicted molar refractivity (Wildman–Crippen MR) is 105 cm³/mol. The first-order valence-corrected chi connectivity index (χ1v) is 9.24. The van der Waals surface area contributed by atoms with Crippen molar-refractivity contribution < 1.29 is 14.2 Å². The van der Waals surface area contributed by atoms with Gasteiger partial charge in [-0.25, -0.2) is 4.39 Å². The molecule has 0 radical (unpaired) electrons. The van der Waals surface area contributed by atoms with Crippen LogP contribution in [0.5, 0.6) is 17.2 Å². The molecule has 0 bridgehead atoms. The van der Waals surface area contributed by atoms with Crippen LogP contribution in [0, 0.1) is 5.82 Å². The summed E-state index contributed by atoms with van der Waals surface area (Å²) in [5.41, 5.74) is 2.13. The van der Waals surface area contributed by atoms with Crippen LogP contribution in [0.15, 0.2) is 66.7 Å². The van der Waals surface area contributed by atoms with Crippen LogP contribution < -0.4 is 4.74 Å². The van der Waals surface area contributed by atoms with Crippen LogP contribution in [0.2, 0.25) is 0 Å². The Morgan fingerprint density at radius 3 is 2.38 bits per heavy atom. The zero-order valence-corrected chi connectivity index (χ0v) is 15.0. The maximum absolute atomic E-state index is 13.3. The molecule has 0 aliphatic rings. The largest absolute Gasteiger partial charge is 0.508 e. The fourth-order valence-electron chi connectivity index (χ4n) is 2.87. The summed E-state index contributed by atoms with van der Waals surface area (Å²) in [5, 5.41) is 10.7. The van der Waals surface area contributed by atoms with Gasteiger partial charge in [-0.2, -0.15) is 0 Å². The number of halogens is 1. The zero-order chi connectivity index (χ0) is 18.1. The average Bonchev–Trinajstić information content (AvgIpc) is 3.00. The van der Waals surface area contributed by atoms with E-state index in [1.807, 2.05) is 30.3 Å². The molecule has 0 atom stereocenters. The van der Waals surface area contributed by atoms with Gasteiger partial charge < -0.3 is 9.84 Å². The Kier molecular flexibility index (Phi) is 4.35. The zero-order valence-electron chi connectivity index (χ0n) is 14.2. The minimum Gasteiger partial charge on any atom is -0.508 e. The SMILES string of the molecule is CCc1ccc(Oc2c(-c3ccc(F)cc3)sc3cc(O)ccc23)cc1. The van der Waals surface area contributed by atoms with Crippen molar-refractivity contribution in [1.29, 1.82) is 0 Å². The molecular formula is C22H17FO2S. The van der Waals surface area contributed by atoms with Crippen LogP contribution in [-0.4, -0.2) is 5.11 Å². The van der Waals surface area contributed by atoms with Crippen molar-refractivity contribution in [3.63, 3.8) is 0 Å². The number of ether oxygens (including phenoxy) is 1. The van der Waals surface area contributed by atoms with Crippen LogP contribution >= 0.6 is 11.3 Å². The molecule has 4 heteroatoms. The number of aromatic hydroxyl groups is 1. The number of benzene rings is 3. The van der Waals surface area contributed by atoms with Gasteiger partial charge in [0.25, 0.3) is 0 Å². The fourth-order valence-corrected chi connectivity index (χ4v) is 4.03. The Hall–Kier alpha value is -2.85. The monoisotopic (exact) mass is 364 g/mol. The van der Waals surface area contributed by atoms with Gasteiger partial charge in [0.15, 0.2) is 5.75 Å². The topological polar surface area (TPSA) is 29.5 Å². The smallest absolute Gasteiger partial charge is 0.153 e. The van der Waals surface area contributed by atoms with E-state index >= 15 is 0 Å². The Balaban J connectivity index is 1.84. The van der Waals surface area contributed by atoms with Gasteiger partial charge in [-0.1, -0.05) is 31.2 Å². The van der Waals surface area contributed by atoms with E-state index in [1.165, 1.54) is 29.0 Å². The molecule has 0 aliphatic carbocycles. The highest BCUT2D eigenvalue weighted by molar-refractivity contribution is 7.22. The summed E-state index contributed by atoms with van der Waals surface area (Å²) < 4.78 is 20.5. The lowest BCUT2D eigenvalue weighted by molar-refractivity contribution is 0.476. The molecular weight excluding hydrogens is 347 g/mol. The Bertz CT molecular complexity index is 1050. The molecule has 4 rings (SSSR count). The highest BCUT2D eigenvalue weighted by Crippen LogP contribution is 2.47. The van der Waals surface area contributed by atoms with Crippen molar-refractivity contribution in [1.82, 2.24) is 0 Å². The van der Waals surface area contributed by atoms with Crippen LogP contribution in [-0.2, 0) is 6.42 Å². The van der Waals surface area contributed by atoms with E-state index in [9.17, 15) is 9.50 Å². The third-order valence-corrected chi connectivity index (χ3v) is 5.47. The molecule has 0 amide bonds. The molecule has 3 aromatic carbocycles. The number of hydrogen-bond acceptors (Lipinski definition) is 3. The lowest BCUT2D eigenvalue weighted by atomic mass is 10.1. The number of thiophene rings is 1. The number of rotatable bonds is 4. The van der Waals surface area contributed by atoms with Gasteiger partial charge in [0, 0.05) is 10.1 Å². The first kappa shape index (κ1) is 16.6. The molecule has 1 aromatic heterocycles. The summed E-state index contributed by atoms with van der Waals surface area (Å²) >= 11 is 1.52. The van der Waals surface area contributed by atoms with E-state index in [1.54, 1.807) is 24.3 Å². The van der Waals surface area contributed by atoms with Gasteiger partial charge in [-0.15, -0.1) is 11.3 Å². The standard InChI is InChI=1S/C22H17FO2S/c1-2-14-3-10-18(11-4-14)25-21-19-12-9-17(24)13-20(19)26-22(21)15-5-7-16(23)8-6-15/h3-13,24H,2H2,1H3. The number of aryl methyl sites for hydroxylation is 1. The first-order valence-electron chi connectivity index (χ1n) is 8.42. The second-order valence-electron chi connectivity index (χ2n) is 6.05. The van der Waals surface area contributed by atoms with Crippen LogP contribution in [0.1, 0.15) is 12.5 Å². The molecule has 0 saturated heterocycles. The first-order chi connectivity index (χ1) is 12.6. The minimum absolute atomic E-state index is 0.211. The van der Waals surface area contributed by atoms with E-state index < -0.39 is 0 Å². The number of phenolic OH excluding ortho intramolecular Hbond substituents is 1. The van der Waals surface area contributed by atoms with Gasteiger partial charge in [-0.3, -0.25) is 0 Å². The third-order valence-electron chi connectivity index (χ3n) is 4.29. The summed E-state index contributed by atoms with van der Waals surface area (Å²) in [7, 11) is 0. The second kappa shape index (κ2) is 6.81. The van der Waals surface area contributed by atoms with Crippen molar-refractivity contribution in [2.45, 2.75) is 13.3 Å². The Labute approximate surface area is 155 Å². The Morgan fingerprint density at radius 2 is 1.69 bits per heavy atom. The van der Waals surface area contributed by atoms with E-state index in [4.69, 9.17) is 4.74 Å². The molecule has 130 valence electrons. The molecule has 0 aliphatic heterocycles. The maximum atomic E-state index is 13.3. The van der Waals surface area contributed by atoms with Gasteiger partial charge in [0.1, 0.15) is 17.3 Å². The molecule has 0 saturated carbocycles. The van der Waals surface area contributed by atoms with E-state index in [-0.39, 0.29) is 11.6 Å². The van der Waals surface area contributed by atoms with Crippen molar-refractivity contribution in [2.24, 2.45) is 0 Å². The molecule has 2 nitrogen and oxygen atoms in total. The predicted octanol–water partition coefficient (Wildman–Crippen LogP) is 6.77. The number of fused-ring (bicyclic) bond motifs is 1. The normalized spacial score (nSPS) is 11.0. The van der Waals surface area contributed by atoms with E-state index in [0.29, 0.717) is 0 Å². The molecule has 1 N–H and O–H groups in total. The average molecular weight is 364 g/mol. The lowest BCUT2D eigenvalue weighted by Crippen LogP contribution is -1.87. The highest BCUT2D eigenvalue weighted by Gasteiger charge is 2.17. The molecule has 26 heavy (non-hydrogen) atoms. The fraction of sp³-hybridized carbons (Fsp3) is 0.0909. The van der Waals surface area contributed by atoms with Gasteiger partial charge in [0.05, 0.1) is 4.88 Å².